The third kappa shape index (κ3) is 4.19. The topological polar surface area (TPSA) is 61.7 Å². The molecule has 0 bridgehead atoms. The molecule has 2 aromatic carbocycles. The van der Waals surface area contributed by atoms with Crippen molar-refractivity contribution in [2.24, 2.45) is 5.10 Å². The smallest absolute Gasteiger partial charge is 0.275 e. The van der Waals surface area contributed by atoms with Gasteiger partial charge in [0.05, 0.1) is 11.3 Å². The fourth-order valence-corrected chi connectivity index (χ4v) is 2.14. The SMILES string of the molecule is C/C(=N\NC(=O)c1ccccc1O)c1ccc(C(C)(C)C)cc1. The van der Waals surface area contributed by atoms with E-state index in [-0.39, 0.29) is 16.7 Å². The van der Waals surface area contributed by atoms with Crippen LogP contribution < -0.4 is 5.43 Å². The Bertz CT molecular complexity index is 726. The Hall–Kier alpha value is -2.62. The average molecular weight is 310 g/mol. The number of para-hydroxylation sites is 1. The lowest BCUT2D eigenvalue weighted by Gasteiger charge is -2.19. The maximum atomic E-state index is 12.0. The van der Waals surface area contributed by atoms with Gasteiger partial charge in [0.15, 0.2) is 0 Å². The van der Waals surface area contributed by atoms with Crippen LogP contribution in [0.5, 0.6) is 5.75 Å². The molecule has 0 spiro atoms. The van der Waals surface area contributed by atoms with Crippen LogP contribution in [0.4, 0.5) is 0 Å². The summed E-state index contributed by atoms with van der Waals surface area (Å²) in [5.41, 5.74) is 5.66. The van der Waals surface area contributed by atoms with Crippen LogP contribution in [-0.2, 0) is 5.41 Å². The van der Waals surface area contributed by atoms with Gasteiger partial charge in [0, 0.05) is 0 Å². The molecule has 0 unspecified atom stereocenters. The number of hydrogen-bond acceptors (Lipinski definition) is 3. The highest BCUT2D eigenvalue weighted by Crippen LogP contribution is 2.22. The van der Waals surface area contributed by atoms with E-state index in [1.807, 2.05) is 19.1 Å². The second-order valence-corrected chi connectivity index (χ2v) is 6.48. The Morgan fingerprint density at radius 2 is 1.65 bits per heavy atom. The number of nitrogens with zero attached hydrogens (tertiary/aromatic N) is 1. The van der Waals surface area contributed by atoms with Gasteiger partial charge in [0.25, 0.3) is 5.91 Å². The zero-order valence-electron chi connectivity index (χ0n) is 13.9. The highest BCUT2D eigenvalue weighted by molar-refractivity contribution is 6.01. The minimum atomic E-state index is -0.436. The molecule has 0 atom stereocenters. The van der Waals surface area contributed by atoms with Gasteiger partial charge in [-0.1, -0.05) is 57.2 Å². The van der Waals surface area contributed by atoms with E-state index in [1.165, 1.54) is 11.6 Å². The molecule has 2 rings (SSSR count). The van der Waals surface area contributed by atoms with Crippen molar-refractivity contribution in [3.63, 3.8) is 0 Å². The Morgan fingerprint density at radius 3 is 2.22 bits per heavy atom. The number of phenolic OH excluding ortho intramolecular Hbond substituents is 1. The number of aromatic hydroxyl groups is 1. The molecule has 0 radical (unpaired) electrons. The number of carbonyl (C=O) groups excluding carboxylic acids is 1. The number of carbonyl (C=O) groups is 1. The molecular formula is C19H22N2O2. The quantitative estimate of drug-likeness (QED) is 0.668. The van der Waals surface area contributed by atoms with E-state index in [0.717, 1.165) is 5.56 Å². The van der Waals surface area contributed by atoms with Crippen molar-refractivity contribution in [3.8, 4) is 5.75 Å². The summed E-state index contributed by atoms with van der Waals surface area (Å²) in [6, 6.07) is 14.5. The minimum Gasteiger partial charge on any atom is -0.507 e. The molecule has 0 aromatic heterocycles. The number of amides is 1. The Balaban J connectivity index is 2.11. The second-order valence-electron chi connectivity index (χ2n) is 6.48. The minimum absolute atomic E-state index is 0.0626. The average Bonchev–Trinajstić information content (AvgIpc) is 2.52. The first-order valence-corrected chi connectivity index (χ1v) is 7.52. The van der Waals surface area contributed by atoms with E-state index < -0.39 is 5.91 Å². The maximum absolute atomic E-state index is 12.0. The molecule has 0 saturated carbocycles. The Labute approximate surface area is 136 Å². The summed E-state index contributed by atoms with van der Waals surface area (Å²) in [4.78, 5) is 12.0. The summed E-state index contributed by atoms with van der Waals surface area (Å²) in [7, 11) is 0. The zero-order chi connectivity index (χ0) is 17.0. The van der Waals surface area contributed by atoms with Crippen LogP contribution >= 0.6 is 0 Å². The molecule has 4 heteroatoms. The molecule has 0 aliphatic rings. The van der Waals surface area contributed by atoms with Gasteiger partial charge in [-0.05, 0) is 35.6 Å². The summed E-state index contributed by atoms with van der Waals surface area (Å²) in [5, 5.41) is 13.8. The Kier molecular flexibility index (Phi) is 4.84. The van der Waals surface area contributed by atoms with E-state index in [9.17, 15) is 9.90 Å². The van der Waals surface area contributed by atoms with E-state index in [4.69, 9.17) is 0 Å². The number of hydrogen-bond donors (Lipinski definition) is 2. The molecular weight excluding hydrogens is 288 g/mol. The van der Waals surface area contributed by atoms with Crippen LogP contribution in [0, 0.1) is 0 Å². The molecule has 4 nitrogen and oxygen atoms in total. The summed E-state index contributed by atoms with van der Waals surface area (Å²) >= 11 is 0. The van der Waals surface area contributed by atoms with Crippen LogP contribution in [0.1, 0.15) is 49.2 Å². The number of benzene rings is 2. The van der Waals surface area contributed by atoms with Crippen LogP contribution in [0.2, 0.25) is 0 Å². The van der Waals surface area contributed by atoms with E-state index in [2.05, 4.69) is 43.4 Å². The summed E-state index contributed by atoms with van der Waals surface area (Å²) in [5.74, 6) is -0.499. The molecule has 2 aromatic rings. The van der Waals surface area contributed by atoms with Crippen molar-refractivity contribution in [2.45, 2.75) is 33.1 Å². The fraction of sp³-hybridized carbons (Fsp3) is 0.263. The van der Waals surface area contributed by atoms with Crippen LogP contribution in [-0.4, -0.2) is 16.7 Å². The van der Waals surface area contributed by atoms with Crippen molar-refractivity contribution < 1.29 is 9.90 Å². The largest absolute Gasteiger partial charge is 0.507 e. The van der Waals surface area contributed by atoms with Gasteiger partial charge in [-0.15, -0.1) is 0 Å². The van der Waals surface area contributed by atoms with Crippen LogP contribution in [0.15, 0.2) is 53.6 Å². The van der Waals surface area contributed by atoms with Gasteiger partial charge < -0.3 is 5.11 Å². The van der Waals surface area contributed by atoms with Gasteiger partial charge in [-0.2, -0.15) is 5.10 Å². The summed E-state index contributed by atoms with van der Waals surface area (Å²) in [6.45, 7) is 8.32. The third-order valence-corrected chi connectivity index (χ3v) is 3.64. The van der Waals surface area contributed by atoms with Gasteiger partial charge in [0.1, 0.15) is 5.75 Å². The summed E-state index contributed by atoms with van der Waals surface area (Å²) in [6.07, 6.45) is 0. The summed E-state index contributed by atoms with van der Waals surface area (Å²) < 4.78 is 0. The van der Waals surface area contributed by atoms with Gasteiger partial charge in [-0.3, -0.25) is 4.79 Å². The molecule has 23 heavy (non-hydrogen) atoms. The second kappa shape index (κ2) is 6.65. The van der Waals surface area contributed by atoms with E-state index in [1.54, 1.807) is 18.2 Å². The number of phenols is 1. The standard InChI is InChI=1S/C19H22N2O2/c1-13(14-9-11-15(12-10-14)19(2,3)4)20-21-18(23)16-7-5-6-8-17(16)22/h5-12,22H,1-4H3,(H,21,23)/b20-13+. The predicted molar refractivity (Wildman–Crippen MR) is 92.9 cm³/mol. The van der Waals surface area contributed by atoms with E-state index >= 15 is 0 Å². The predicted octanol–water partition coefficient (Wildman–Crippen LogP) is 3.84. The van der Waals surface area contributed by atoms with Crippen molar-refractivity contribution in [1.82, 2.24) is 5.43 Å². The number of nitrogens with one attached hydrogen (secondary N) is 1. The number of rotatable bonds is 3. The van der Waals surface area contributed by atoms with E-state index in [0.29, 0.717) is 5.71 Å². The van der Waals surface area contributed by atoms with Crippen molar-refractivity contribution in [3.05, 3.63) is 65.2 Å². The van der Waals surface area contributed by atoms with Gasteiger partial charge in [0.2, 0.25) is 0 Å². The molecule has 2 N–H and O–H groups in total. The molecule has 120 valence electrons. The molecule has 0 aliphatic carbocycles. The lowest BCUT2D eigenvalue weighted by atomic mass is 9.86. The highest BCUT2D eigenvalue weighted by Gasteiger charge is 2.13. The lowest BCUT2D eigenvalue weighted by Crippen LogP contribution is -2.19. The normalized spacial score (nSPS) is 12.1. The molecule has 0 aliphatic heterocycles. The molecule has 0 fully saturated rings. The first-order chi connectivity index (χ1) is 10.8. The maximum Gasteiger partial charge on any atom is 0.275 e. The molecule has 0 saturated heterocycles. The first-order valence-electron chi connectivity index (χ1n) is 7.52. The monoisotopic (exact) mass is 310 g/mol. The molecule has 1 amide bonds. The van der Waals surface area contributed by atoms with Crippen molar-refractivity contribution >= 4 is 11.6 Å². The third-order valence-electron chi connectivity index (χ3n) is 3.64. The highest BCUT2D eigenvalue weighted by atomic mass is 16.3. The molecule has 0 heterocycles. The zero-order valence-corrected chi connectivity index (χ0v) is 13.9. The lowest BCUT2D eigenvalue weighted by molar-refractivity contribution is 0.0952. The van der Waals surface area contributed by atoms with Crippen LogP contribution in [0.3, 0.4) is 0 Å². The fourth-order valence-electron chi connectivity index (χ4n) is 2.14. The van der Waals surface area contributed by atoms with Gasteiger partial charge >= 0.3 is 0 Å². The Morgan fingerprint density at radius 1 is 1.04 bits per heavy atom. The number of hydrazone groups is 1. The first kappa shape index (κ1) is 16.7. The van der Waals surface area contributed by atoms with Gasteiger partial charge in [-0.25, -0.2) is 5.43 Å². The van der Waals surface area contributed by atoms with Crippen molar-refractivity contribution in [2.75, 3.05) is 0 Å². The van der Waals surface area contributed by atoms with Crippen LogP contribution in [0.25, 0.3) is 0 Å². The van der Waals surface area contributed by atoms with Crippen molar-refractivity contribution in [1.29, 1.82) is 0 Å².